The van der Waals surface area contributed by atoms with Crippen molar-refractivity contribution in [1.82, 2.24) is 5.32 Å². The summed E-state index contributed by atoms with van der Waals surface area (Å²) >= 11 is 5.56. The first-order valence-electron chi connectivity index (χ1n) is 4.45. The fourth-order valence-electron chi connectivity index (χ4n) is 1.01. The van der Waals surface area contributed by atoms with Gasteiger partial charge in [-0.05, 0) is 18.2 Å². The molecular weight excluding hydrogens is 249 g/mol. The van der Waals surface area contributed by atoms with Crippen molar-refractivity contribution in [3.8, 4) is 6.07 Å². The summed E-state index contributed by atoms with van der Waals surface area (Å²) in [5, 5.41) is 12.5. The minimum Gasteiger partial charge on any atom is -0.335 e. The zero-order chi connectivity index (χ0) is 12.8. The lowest BCUT2D eigenvalue weighted by atomic mass is 10.3. The molecule has 0 spiro atoms. The average Bonchev–Trinajstić information content (AvgIpc) is 2.24. The van der Waals surface area contributed by atoms with E-state index in [-0.39, 0.29) is 17.3 Å². The lowest BCUT2D eigenvalue weighted by Crippen LogP contribution is -2.35. The zero-order valence-electron chi connectivity index (χ0n) is 8.46. The molecule has 0 saturated heterocycles. The van der Waals surface area contributed by atoms with E-state index in [0.29, 0.717) is 0 Å². The second-order valence-corrected chi connectivity index (χ2v) is 3.39. The second-order valence-electron chi connectivity index (χ2n) is 2.95. The summed E-state index contributed by atoms with van der Waals surface area (Å²) in [7, 11) is 0. The molecule has 88 valence electrons. The van der Waals surface area contributed by atoms with Crippen LogP contribution < -0.4 is 10.6 Å². The van der Waals surface area contributed by atoms with Crippen molar-refractivity contribution in [3.05, 3.63) is 29.0 Å². The Labute approximate surface area is 101 Å². The molecule has 0 atom stereocenters. The van der Waals surface area contributed by atoms with Gasteiger partial charge in [0.05, 0.1) is 6.07 Å². The molecule has 7 heteroatoms. The number of benzene rings is 1. The highest BCUT2D eigenvalue weighted by atomic mass is 35.5. The lowest BCUT2D eigenvalue weighted by Gasteiger charge is -2.05. The van der Waals surface area contributed by atoms with E-state index in [9.17, 15) is 14.0 Å². The average molecular weight is 256 g/mol. The molecule has 1 rings (SSSR count). The third kappa shape index (κ3) is 4.09. The van der Waals surface area contributed by atoms with Gasteiger partial charge >= 0.3 is 11.8 Å². The number of carbonyl (C=O) groups excluding carboxylic acids is 2. The molecule has 1 aromatic carbocycles. The first-order chi connectivity index (χ1) is 8.02. The van der Waals surface area contributed by atoms with Crippen molar-refractivity contribution in [2.75, 3.05) is 11.9 Å². The van der Waals surface area contributed by atoms with Gasteiger partial charge < -0.3 is 10.6 Å². The topological polar surface area (TPSA) is 82.0 Å². The van der Waals surface area contributed by atoms with Crippen LogP contribution >= 0.6 is 11.6 Å². The van der Waals surface area contributed by atoms with Gasteiger partial charge in [-0.2, -0.15) is 5.26 Å². The van der Waals surface area contributed by atoms with E-state index in [1.807, 2.05) is 5.32 Å². The standard InChI is InChI=1S/C10H7ClFN3O2/c11-6-3-7(12)5-8(4-6)15-10(17)9(16)14-2-1-13/h3-5H,2H2,(H,14,16)(H,15,17). The Kier molecular flexibility index (Phi) is 4.43. The van der Waals surface area contributed by atoms with Crippen LogP contribution in [0.2, 0.25) is 5.02 Å². The van der Waals surface area contributed by atoms with Crippen LogP contribution in [0.5, 0.6) is 0 Å². The number of nitriles is 1. The number of nitrogens with zero attached hydrogens (tertiary/aromatic N) is 1. The maximum Gasteiger partial charge on any atom is 0.313 e. The molecule has 0 aliphatic rings. The summed E-state index contributed by atoms with van der Waals surface area (Å²) in [4.78, 5) is 22.3. The van der Waals surface area contributed by atoms with Gasteiger partial charge in [-0.3, -0.25) is 9.59 Å². The third-order valence-corrected chi connectivity index (χ3v) is 1.87. The summed E-state index contributed by atoms with van der Waals surface area (Å²) in [6.45, 7) is -0.282. The highest BCUT2D eigenvalue weighted by Gasteiger charge is 2.13. The largest absolute Gasteiger partial charge is 0.335 e. The minimum absolute atomic E-state index is 0.0621. The fraction of sp³-hybridized carbons (Fsp3) is 0.100. The molecule has 0 aliphatic heterocycles. The van der Waals surface area contributed by atoms with Crippen molar-refractivity contribution in [3.63, 3.8) is 0 Å². The van der Waals surface area contributed by atoms with E-state index in [2.05, 4.69) is 5.32 Å². The highest BCUT2D eigenvalue weighted by Crippen LogP contribution is 2.17. The molecule has 2 N–H and O–H groups in total. The quantitative estimate of drug-likeness (QED) is 0.612. The second kappa shape index (κ2) is 5.82. The smallest absolute Gasteiger partial charge is 0.313 e. The predicted octanol–water partition coefficient (Wildman–Crippen LogP) is 1.06. The van der Waals surface area contributed by atoms with Crippen LogP contribution in [0.3, 0.4) is 0 Å². The predicted molar refractivity (Wildman–Crippen MR) is 58.7 cm³/mol. The van der Waals surface area contributed by atoms with Crippen molar-refractivity contribution in [2.24, 2.45) is 0 Å². The number of hydrogen-bond acceptors (Lipinski definition) is 3. The van der Waals surface area contributed by atoms with E-state index in [4.69, 9.17) is 16.9 Å². The molecular formula is C10H7ClFN3O2. The SMILES string of the molecule is N#CCNC(=O)C(=O)Nc1cc(F)cc(Cl)c1. The molecule has 0 unspecified atom stereocenters. The van der Waals surface area contributed by atoms with Gasteiger partial charge in [-0.15, -0.1) is 0 Å². The maximum atomic E-state index is 12.9. The maximum absolute atomic E-state index is 12.9. The van der Waals surface area contributed by atoms with Crippen LogP contribution in [-0.4, -0.2) is 18.4 Å². The van der Waals surface area contributed by atoms with Crippen molar-refractivity contribution in [1.29, 1.82) is 5.26 Å². The van der Waals surface area contributed by atoms with Crippen LogP contribution in [0.25, 0.3) is 0 Å². The Hall–Kier alpha value is -2.13. The number of amides is 2. The van der Waals surface area contributed by atoms with Gasteiger partial charge in [0.2, 0.25) is 0 Å². The molecule has 5 nitrogen and oxygen atoms in total. The van der Waals surface area contributed by atoms with Crippen LogP contribution in [0, 0.1) is 17.1 Å². The molecule has 17 heavy (non-hydrogen) atoms. The summed E-state index contributed by atoms with van der Waals surface area (Å²) in [6, 6.07) is 5.01. The summed E-state index contributed by atoms with van der Waals surface area (Å²) in [6.07, 6.45) is 0. The Morgan fingerprint density at radius 1 is 1.35 bits per heavy atom. The molecule has 0 bridgehead atoms. The number of hydrogen-bond donors (Lipinski definition) is 2. The van der Waals surface area contributed by atoms with Crippen molar-refractivity contribution < 1.29 is 14.0 Å². The first-order valence-corrected chi connectivity index (χ1v) is 4.83. The van der Waals surface area contributed by atoms with Crippen LogP contribution in [0.15, 0.2) is 18.2 Å². The molecule has 0 saturated carbocycles. The van der Waals surface area contributed by atoms with Crippen LogP contribution in [-0.2, 0) is 9.59 Å². The third-order valence-electron chi connectivity index (χ3n) is 1.65. The molecule has 0 heterocycles. The van der Waals surface area contributed by atoms with Gasteiger partial charge in [0.15, 0.2) is 0 Å². The molecule has 2 amide bonds. The van der Waals surface area contributed by atoms with E-state index in [1.54, 1.807) is 6.07 Å². The van der Waals surface area contributed by atoms with Crippen LogP contribution in [0.1, 0.15) is 0 Å². The van der Waals surface area contributed by atoms with Gasteiger partial charge in [0.25, 0.3) is 0 Å². The monoisotopic (exact) mass is 255 g/mol. The van der Waals surface area contributed by atoms with Gasteiger partial charge in [0, 0.05) is 10.7 Å². The number of carbonyl (C=O) groups is 2. The number of rotatable bonds is 2. The molecule has 1 aromatic rings. The number of anilines is 1. The van der Waals surface area contributed by atoms with Gasteiger partial charge in [-0.1, -0.05) is 11.6 Å². The van der Waals surface area contributed by atoms with Gasteiger partial charge in [0.1, 0.15) is 12.4 Å². The highest BCUT2D eigenvalue weighted by molar-refractivity contribution is 6.39. The molecule has 0 radical (unpaired) electrons. The first kappa shape index (κ1) is 12.9. The zero-order valence-corrected chi connectivity index (χ0v) is 9.21. The minimum atomic E-state index is -0.998. The summed E-state index contributed by atoms with van der Waals surface area (Å²) < 4.78 is 12.9. The van der Waals surface area contributed by atoms with E-state index >= 15 is 0 Å². The van der Waals surface area contributed by atoms with E-state index < -0.39 is 17.6 Å². The molecule has 0 aromatic heterocycles. The number of halogens is 2. The Bertz CT molecular complexity index is 479. The van der Waals surface area contributed by atoms with Crippen molar-refractivity contribution in [2.45, 2.75) is 0 Å². The molecule has 0 aliphatic carbocycles. The normalized spacial score (nSPS) is 9.24. The van der Waals surface area contributed by atoms with Crippen molar-refractivity contribution >= 4 is 29.1 Å². The van der Waals surface area contributed by atoms with E-state index in [0.717, 1.165) is 12.1 Å². The fourth-order valence-corrected chi connectivity index (χ4v) is 1.24. The Morgan fingerprint density at radius 3 is 2.65 bits per heavy atom. The Morgan fingerprint density at radius 2 is 2.06 bits per heavy atom. The van der Waals surface area contributed by atoms with E-state index in [1.165, 1.54) is 6.07 Å². The van der Waals surface area contributed by atoms with Crippen LogP contribution in [0.4, 0.5) is 10.1 Å². The molecule has 0 fully saturated rings. The summed E-state index contributed by atoms with van der Waals surface area (Å²) in [5.74, 6) is -2.61. The lowest BCUT2D eigenvalue weighted by molar-refractivity contribution is -0.136. The summed E-state index contributed by atoms with van der Waals surface area (Å²) in [5.41, 5.74) is 0.0621. The Balaban J connectivity index is 2.68. The number of nitrogens with one attached hydrogen (secondary N) is 2. The van der Waals surface area contributed by atoms with Gasteiger partial charge in [-0.25, -0.2) is 4.39 Å².